The van der Waals surface area contributed by atoms with Crippen molar-refractivity contribution >= 4 is 21.4 Å². The lowest BCUT2D eigenvalue weighted by atomic mass is 10.0. The van der Waals surface area contributed by atoms with E-state index in [2.05, 4.69) is 4.90 Å². The van der Waals surface area contributed by atoms with Crippen LogP contribution < -0.4 is 9.21 Å². The summed E-state index contributed by atoms with van der Waals surface area (Å²) in [4.78, 5) is 2.43. The minimum Gasteiger partial charge on any atom is -0.396 e. The summed E-state index contributed by atoms with van der Waals surface area (Å²) in [6, 6.07) is 12.9. The molecule has 132 valence electrons. The number of rotatable bonds is 3. The molecule has 0 amide bonds. The molecule has 1 N–H and O–H groups in total. The van der Waals surface area contributed by atoms with Gasteiger partial charge in [0.2, 0.25) is 0 Å². The number of hydrogen-bond donors (Lipinski definition) is 1. The van der Waals surface area contributed by atoms with Gasteiger partial charge in [-0.2, -0.15) is 0 Å². The summed E-state index contributed by atoms with van der Waals surface area (Å²) in [5, 5.41) is 9.63. The second kappa shape index (κ2) is 6.04. The summed E-state index contributed by atoms with van der Waals surface area (Å²) in [6.45, 7) is 1.16. The van der Waals surface area contributed by atoms with Gasteiger partial charge in [-0.15, -0.1) is 0 Å². The van der Waals surface area contributed by atoms with E-state index in [1.165, 1.54) is 9.87 Å². The van der Waals surface area contributed by atoms with Crippen molar-refractivity contribution in [2.24, 2.45) is 0 Å². The lowest BCUT2D eigenvalue weighted by Crippen LogP contribution is -2.31. The quantitative estimate of drug-likeness (QED) is 0.915. The van der Waals surface area contributed by atoms with Crippen molar-refractivity contribution in [2.75, 3.05) is 35.9 Å². The molecule has 1 atom stereocenters. The summed E-state index contributed by atoms with van der Waals surface area (Å²) < 4.78 is 28.0. The SMILES string of the molecule is CN1CCCc2ccc(S(=O)(=O)N3CC(CO)c4ccccc43)cc21. The van der Waals surface area contributed by atoms with Gasteiger partial charge in [-0.1, -0.05) is 24.3 Å². The van der Waals surface area contributed by atoms with Crippen molar-refractivity contribution in [1.82, 2.24) is 0 Å². The van der Waals surface area contributed by atoms with Crippen LogP contribution in [0.3, 0.4) is 0 Å². The molecular weight excluding hydrogens is 336 g/mol. The first-order valence-electron chi connectivity index (χ1n) is 8.59. The second-order valence-corrected chi connectivity index (χ2v) is 8.65. The van der Waals surface area contributed by atoms with Gasteiger partial charge in [0.25, 0.3) is 10.0 Å². The molecule has 6 heteroatoms. The van der Waals surface area contributed by atoms with Crippen LogP contribution in [0.25, 0.3) is 0 Å². The van der Waals surface area contributed by atoms with Gasteiger partial charge in [0.15, 0.2) is 0 Å². The standard InChI is InChI=1S/C19H22N2O3S/c1-20-10-4-5-14-8-9-16(11-19(14)20)25(23,24)21-12-15(13-22)17-6-2-3-7-18(17)21/h2-3,6-9,11,15,22H,4-5,10,12-13H2,1H3. The first-order chi connectivity index (χ1) is 12.0. The van der Waals surface area contributed by atoms with Crippen molar-refractivity contribution in [2.45, 2.75) is 23.7 Å². The summed E-state index contributed by atoms with van der Waals surface area (Å²) in [5.41, 5.74) is 3.76. The van der Waals surface area contributed by atoms with Gasteiger partial charge in [-0.25, -0.2) is 8.42 Å². The highest BCUT2D eigenvalue weighted by Gasteiger charge is 2.36. The Labute approximate surface area is 148 Å². The molecule has 1 unspecified atom stereocenters. The normalized spacial score (nSPS) is 19.7. The van der Waals surface area contributed by atoms with E-state index in [1.54, 1.807) is 12.1 Å². The fraction of sp³-hybridized carbons (Fsp3) is 0.368. The Morgan fingerprint density at radius 3 is 2.76 bits per heavy atom. The number of anilines is 2. The fourth-order valence-electron chi connectivity index (χ4n) is 3.87. The molecule has 0 fully saturated rings. The van der Waals surface area contributed by atoms with Crippen molar-refractivity contribution in [3.05, 3.63) is 53.6 Å². The smallest absolute Gasteiger partial charge is 0.264 e. The summed E-state index contributed by atoms with van der Waals surface area (Å²) in [5.74, 6) is -0.175. The number of sulfonamides is 1. The van der Waals surface area contributed by atoms with Gasteiger partial charge in [0, 0.05) is 31.7 Å². The number of aryl methyl sites for hydroxylation is 1. The number of hydrogen-bond acceptors (Lipinski definition) is 4. The number of fused-ring (bicyclic) bond motifs is 2. The predicted octanol–water partition coefficient (Wildman–Crippen LogP) is 2.35. The lowest BCUT2D eigenvalue weighted by Gasteiger charge is -2.28. The summed E-state index contributed by atoms with van der Waals surface area (Å²) in [6.07, 6.45) is 2.08. The Morgan fingerprint density at radius 1 is 1.16 bits per heavy atom. The van der Waals surface area contributed by atoms with Crippen LogP contribution in [0.5, 0.6) is 0 Å². The monoisotopic (exact) mass is 358 g/mol. The zero-order chi connectivity index (χ0) is 17.6. The van der Waals surface area contributed by atoms with E-state index >= 15 is 0 Å². The molecule has 2 aliphatic rings. The maximum Gasteiger partial charge on any atom is 0.264 e. The van der Waals surface area contributed by atoms with Crippen molar-refractivity contribution in [1.29, 1.82) is 0 Å². The highest BCUT2D eigenvalue weighted by Crippen LogP contribution is 2.40. The van der Waals surface area contributed by atoms with Crippen LogP contribution in [0.15, 0.2) is 47.4 Å². The molecular formula is C19H22N2O3S. The molecule has 0 spiro atoms. The predicted molar refractivity (Wildman–Crippen MR) is 98.8 cm³/mol. The average Bonchev–Trinajstić information content (AvgIpc) is 3.01. The fourth-order valence-corrected chi connectivity index (χ4v) is 5.42. The van der Waals surface area contributed by atoms with E-state index in [4.69, 9.17) is 0 Å². The largest absolute Gasteiger partial charge is 0.396 e. The number of aliphatic hydroxyl groups excluding tert-OH is 1. The first kappa shape index (κ1) is 16.4. The summed E-state index contributed by atoms with van der Waals surface area (Å²) >= 11 is 0. The van der Waals surface area contributed by atoms with Crippen molar-refractivity contribution in [3.8, 4) is 0 Å². The Balaban J connectivity index is 1.77. The zero-order valence-corrected chi connectivity index (χ0v) is 15.0. The third-order valence-electron chi connectivity index (χ3n) is 5.25. The van der Waals surface area contributed by atoms with E-state index in [1.807, 2.05) is 37.4 Å². The zero-order valence-electron chi connectivity index (χ0n) is 14.2. The van der Waals surface area contributed by atoms with Crippen LogP contribution in [0.2, 0.25) is 0 Å². The van der Waals surface area contributed by atoms with Crippen LogP contribution in [0.1, 0.15) is 23.5 Å². The number of aliphatic hydroxyl groups is 1. The van der Waals surface area contributed by atoms with Crippen LogP contribution in [-0.2, 0) is 16.4 Å². The highest BCUT2D eigenvalue weighted by atomic mass is 32.2. The Kier molecular flexibility index (Phi) is 3.96. The molecule has 2 aromatic carbocycles. The van der Waals surface area contributed by atoms with E-state index in [-0.39, 0.29) is 19.1 Å². The average molecular weight is 358 g/mol. The maximum absolute atomic E-state index is 13.3. The Hall–Kier alpha value is -2.05. The van der Waals surface area contributed by atoms with Crippen LogP contribution >= 0.6 is 0 Å². The first-order valence-corrected chi connectivity index (χ1v) is 10.0. The van der Waals surface area contributed by atoms with E-state index < -0.39 is 10.0 Å². The van der Waals surface area contributed by atoms with Crippen LogP contribution in [0, 0.1) is 0 Å². The topological polar surface area (TPSA) is 60.9 Å². The molecule has 2 aromatic rings. The Morgan fingerprint density at radius 2 is 1.96 bits per heavy atom. The molecule has 0 aromatic heterocycles. The maximum atomic E-state index is 13.3. The minimum absolute atomic E-state index is 0.0596. The molecule has 25 heavy (non-hydrogen) atoms. The van der Waals surface area contributed by atoms with Gasteiger partial charge in [0.1, 0.15) is 0 Å². The van der Waals surface area contributed by atoms with Crippen molar-refractivity contribution < 1.29 is 13.5 Å². The highest BCUT2D eigenvalue weighted by molar-refractivity contribution is 7.92. The molecule has 0 radical (unpaired) electrons. The molecule has 0 bridgehead atoms. The van der Waals surface area contributed by atoms with Crippen LogP contribution in [0.4, 0.5) is 11.4 Å². The number of para-hydroxylation sites is 1. The molecule has 2 aliphatic heterocycles. The Bertz CT molecular complexity index is 911. The van der Waals surface area contributed by atoms with Gasteiger partial charge in [-0.05, 0) is 42.2 Å². The molecule has 0 saturated carbocycles. The third-order valence-corrected chi connectivity index (χ3v) is 7.02. The van der Waals surface area contributed by atoms with E-state index in [9.17, 15) is 13.5 Å². The second-order valence-electron chi connectivity index (χ2n) is 6.79. The lowest BCUT2D eigenvalue weighted by molar-refractivity contribution is 0.272. The number of benzene rings is 2. The molecule has 0 aliphatic carbocycles. The van der Waals surface area contributed by atoms with Crippen LogP contribution in [-0.4, -0.2) is 40.3 Å². The molecule has 5 nitrogen and oxygen atoms in total. The molecule has 2 heterocycles. The van der Waals surface area contributed by atoms with Gasteiger partial charge < -0.3 is 10.0 Å². The summed E-state index contributed by atoms with van der Waals surface area (Å²) in [7, 11) is -1.66. The van der Waals surface area contributed by atoms with Crippen molar-refractivity contribution in [3.63, 3.8) is 0 Å². The van der Waals surface area contributed by atoms with Gasteiger partial charge >= 0.3 is 0 Å². The van der Waals surface area contributed by atoms with E-state index in [0.29, 0.717) is 10.6 Å². The minimum atomic E-state index is -3.66. The number of nitrogens with zero attached hydrogens (tertiary/aromatic N) is 2. The third kappa shape index (κ3) is 2.60. The van der Waals surface area contributed by atoms with Gasteiger partial charge in [0.05, 0.1) is 17.2 Å². The van der Waals surface area contributed by atoms with Gasteiger partial charge in [-0.3, -0.25) is 4.31 Å². The van der Waals surface area contributed by atoms with E-state index in [0.717, 1.165) is 30.6 Å². The molecule has 0 saturated heterocycles. The molecule has 4 rings (SSSR count).